The van der Waals surface area contributed by atoms with Crippen LogP contribution in [0, 0.1) is 11.7 Å². The number of hydrogen-bond acceptors (Lipinski definition) is 2. The highest BCUT2D eigenvalue weighted by molar-refractivity contribution is 7.71. The summed E-state index contributed by atoms with van der Waals surface area (Å²) in [7, 11) is 0. The molecular weight excluding hydrogens is 290 g/mol. The Kier molecular flexibility index (Phi) is 3.42. The molecule has 3 aromatic rings. The van der Waals surface area contributed by atoms with Crippen LogP contribution >= 0.6 is 23.8 Å². The van der Waals surface area contributed by atoms with Crippen LogP contribution in [0.1, 0.15) is 5.56 Å². The van der Waals surface area contributed by atoms with Crippen molar-refractivity contribution in [2.45, 2.75) is 6.92 Å². The van der Waals surface area contributed by atoms with Crippen LogP contribution in [0.3, 0.4) is 0 Å². The summed E-state index contributed by atoms with van der Waals surface area (Å²) >= 11 is 11.6. The molecule has 0 aliphatic carbocycles. The van der Waals surface area contributed by atoms with Gasteiger partial charge in [0.1, 0.15) is 0 Å². The number of para-hydroxylation sites is 1. The average Bonchev–Trinajstić information content (AvgIpc) is 2.82. The van der Waals surface area contributed by atoms with Gasteiger partial charge < -0.3 is 0 Å². The van der Waals surface area contributed by atoms with E-state index in [1.807, 2.05) is 60.0 Å². The fourth-order valence-corrected chi connectivity index (χ4v) is 2.61. The van der Waals surface area contributed by atoms with Crippen LogP contribution in [-0.4, -0.2) is 14.8 Å². The van der Waals surface area contributed by atoms with E-state index in [1.54, 1.807) is 0 Å². The lowest BCUT2D eigenvalue weighted by Gasteiger charge is -2.10. The zero-order valence-corrected chi connectivity index (χ0v) is 12.4. The molecule has 1 N–H and O–H groups in total. The monoisotopic (exact) mass is 301 g/mol. The summed E-state index contributed by atoms with van der Waals surface area (Å²) in [5.74, 6) is 0.765. The molecule has 0 saturated carbocycles. The summed E-state index contributed by atoms with van der Waals surface area (Å²) in [4.78, 5) is 0. The molecule has 5 heteroatoms. The number of benzene rings is 2. The Morgan fingerprint density at radius 3 is 2.55 bits per heavy atom. The highest BCUT2D eigenvalue weighted by Gasteiger charge is 2.14. The minimum absolute atomic E-state index is 0.524. The SMILES string of the molecule is Cc1ccccc1-c1n[nH]c(=S)n1-c1ccccc1Cl. The van der Waals surface area contributed by atoms with Crippen LogP contribution in [0.25, 0.3) is 17.1 Å². The number of hydrogen-bond donors (Lipinski definition) is 1. The van der Waals surface area contributed by atoms with Crippen LogP contribution in [0.4, 0.5) is 0 Å². The van der Waals surface area contributed by atoms with Crippen LogP contribution in [-0.2, 0) is 0 Å². The van der Waals surface area contributed by atoms with Gasteiger partial charge in [-0.05, 0) is 36.8 Å². The first-order chi connectivity index (χ1) is 9.68. The normalized spacial score (nSPS) is 10.7. The summed E-state index contributed by atoms with van der Waals surface area (Å²) in [6.45, 7) is 2.05. The second kappa shape index (κ2) is 5.23. The highest BCUT2D eigenvalue weighted by atomic mass is 35.5. The predicted molar refractivity (Wildman–Crippen MR) is 83.9 cm³/mol. The molecule has 0 aliphatic rings. The fourth-order valence-electron chi connectivity index (χ4n) is 2.16. The van der Waals surface area contributed by atoms with Gasteiger partial charge in [0.25, 0.3) is 0 Å². The molecule has 20 heavy (non-hydrogen) atoms. The van der Waals surface area contributed by atoms with Gasteiger partial charge in [-0.3, -0.25) is 9.67 Å². The van der Waals surface area contributed by atoms with Gasteiger partial charge in [-0.25, -0.2) is 0 Å². The number of halogens is 1. The lowest BCUT2D eigenvalue weighted by Crippen LogP contribution is -1.99. The first kappa shape index (κ1) is 13.1. The first-order valence-electron chi connectivity index (χ1n) is 6.17. The molecule has 0 spiro atoms. The molecule has 0 bridgehead atoms. The maximum absolute atomic E-state index is 6.28. The van der Waals surface area contributed by atoms with E-state index in [9.17, 15) is 0 Å². The summed E-state index contributed by atoms with van der Waals surface area (Å²) in [6.07, 6.45) is 0. The molecule has 0 amide bonds. The summed E-state index contributed by atoms with van der Waals surface area (Å²) in [5, 5.41) is 7.84. The van der Waals surface area contributed by atoms with E-state index in [-0.39, 0.29) is 0 Å². The van der Waals surface area contributed by atoms with E-state index in [1.165, 1.54) is 0 Å². The maximum atomic E-state index is 6.28. The molecule has 0 fully saturated rings. The number of aromatic amines is 1. The van der Waals surface area contributed by atoms with Crippen molar-refractivity contribution >= 4 is 23.8 Å². The van der Waals surface area contributed by atoms with E-state index in [4.69, 9.17) is 23.8 Å². The highest BCUT2D eigenvalue weighted by Crippen LogP contribution is 2.27. The van der Waals surface area contributed by atoms with E-state index < -0.39 is 0 Å². The van der Waals surface area contributed by atoms with Gasteiger partial charge in [0.15, 0.2) is 10.6 Å². The second-order valence-electron chi connectivity index (χ2n) is 4.45. The van der Waals surface area contributed by atoms with Crippen molar-refractivity contribution in [3.63, 3.8) is 0 Å². The molecule has 0 unspecified atom stereocenters. The third-order valence-corrected chi connectivity index (χ3v) is 3.75. The third kappa shape index (κ3) is 2.17. The van der Waals surface area contributed by atoms with Gasteiger partial charge >= 0.3 is 0 Å². The van der Waals surface area contributed by atoms with Crippen LogP contribution in [0.2, 0.25) is 5.02 Å². The first-order valence-corrected chi connectivity index (χ1v) is 6.95. The minimum atomic E-state index is 0.524. The molecule has 0 radical (unpaired) electrons. The molecule has 0 saturated heterocycles. The Hall–Kier alpha value is -1.91. The van der Waals surface area contributed by atoms with Gasteiger partial charge in [0.2, 0.25) is 0 Å². The molecule has 0 aliphatic heterocycles. The van der Waals surface area contributed by atoms with Crippen molar-refractivity contribution in [2.75, 3.05) is 0 Å². The standard InChI is InChI=1S/C15H12ClN3S/c1-10-6-2-3-7-11(10)14-17-18-15(20)19(14)13-9-5-4-8-12(13)16/h2-9H,1H3,(H,18,20). The van der Waals surface area contributed by atoms with Gasteiger partial charge in [0, 0.05) is 5.56 Å². The van der Waals surface area contributed by atoms with Gasteiger partial charge in [-0.1, -0.05) is 48.0 Å². The number of nitrogens with zero attached hydrogens (tertiary/aromatic N) is 2. The molecule has 2 aromatic carbocycles. The zero-order chi connectivity index (χ0) is 14.1. The topological polar surface area (TPSA) is 33.6 Å². The summed E-state index contributed by atoms with van der Waals surface area (Å²) < 4.78 is 2.39. The Labute approximate surface area is 126 Å². The summed E-state index contributed by atoms with van der Waals surface area (Å²) in [6, 6.07) is 15.6. The number of rotatable bonds is 2. The van der Waals surface area contributed by atoms with Gasteiger partial charge in [0.05, 0.1) is 10.7 Å². The Morgan fingerprint density at radius 2 is 1.80 bits per heavy atom. The Morgan fingerprint density at radius 1 is 1.10 bits per heavy atom. The van der Waals surface area contributed by atoms with Crippen molar-refractivity contribution in [1.29, 1.82) is 0 Å². The van der Waals surface area contributed by atoms with Crippen molar-refractivity contribution in [1.82, 2.24) is 14.8 Å². The molecule has 0 atom stereocenters. The molecular formula is C15H12ClN3S. The molecule has 100 valence electrons. The van der Waals surface area contributed by atoms with Crippen LogP contribution in [0.5, 0.6) is 0 Å². The molecule has 1 heterocycles. The molecule has 3 nitrogen and oxygen atoms in total. The number of H-pyrrole nitrogens is 1. The maximum Gasteiger partial charge on any atom is 0.200 e. The third-order valence-electron chi connectivity index (χ3n) is 3.15. The van der Waals surface area contributed by atoms with E-state index in [0.717, 1.165) is 22.6 Å². The van der Waals surface area contributed by atoms with E-state index in [2.05, 4.69) is 10.2 Å². The predicted octanol–water partition coefficient (Wildman–Crippen LogP) is 4.56. The van der Waals surface area contributed by atoms with Gasteiger partial charge in [-0.15, -0.1) is 0 Å². The average molecular weight is 302 g/mol. The van der Waals surface area contributed by atoms with Crippen molar-refractivity contribution in [3.8, 4) is 17.1 Å². The Bertz CT molecular complexity index is 820. The zero-order valence-electron chi connectivity index (χ0n) is 10.8. The quantitative estimate of drug-likeness (QED) is 0.704. The largest absolute Gasteiger partial charge is 0.267 e. The van der Waals surface area contributed by atoms with Crippen LogP contribution < -0.4 is 0 Å². The lowest BCUT2D eigenvalue weighted by atomic mass is 10.1. The lowest BCUT2D eigenvalue weighted by molar-refractivity contribution is 1.03. The number of nitrogens with one attached hydrogen (secondary N) is 1. The van der Waals surface area contributed by atoms with Crippen molar-refractivity contribution < 1.29 is 0 Å². The number of aryl methyl sites for hydroxylation is 1. The van der Waals surface area contributed by atoms with Gasteiger partial charge in [-0.2, -0.15) is 5.10 Å². The van der Waals surface area contributed by atoms with E-state index in [0.29, 0.717) is 9.79 Å². The van der Waals surface area contributed by atoms with E-state index >= 15 is 0 Å². The second-order valence-corrected chi connectivity index (χ2v) is 5.25. The minimum Gasteiger partial charge on any atom is -0.267 e. The smallest absolute Gasteiger partial charge is 0.200 e. The molecule has 3 rings (SSSR count). The van der Waals surface area contributed by atoms with Crippen molar-refractivity contribution in [3.05, 3.63) is 63.9 Å². The summed E-state index contributed by atoms with van der Waals surface area (Å²) in [5.41, 5.74) is 2.99. The number of aromatic nitrogens is 3. The Balaban J connectivity index is 2.29. The fraction of sp³-hybridized carbons (Fsp3) is 0.0667. The molecule has 1 aromatic heterocycles. The van der Waals surface area contributed by atoms with Crippen LogP contribution in [0.15, 0.2) is 48.5 Å². The van der Waals surface area contributed by atoms with Crippen molar-refractivity contribution in [2.24, 2.45) is 0 Å².